The molecular formula is C31H48O3. The van der Waals surface area contributed by atoms with Gasteiger partial charge >= 0.3 is 0 Å². The lowest BCUT2D eigenvalue weighted by Gasteiger charge is -2.31. The fraction of sp³-hybridized carbons (Fsp3) is 0.742. The molecule has 3 nitrogen and oxygen atoms in total. The number of unbranched alkanes of at least 4 members (excludes halogenated alkanes) is 5. The molecule has 2 aliphatic carbocycles. The van der Waals surface area contributed by atoms with Gasteiger partial charge in [-0.3, -0.25) is 9.59 Å². The maximum atomic E-state index is 12.9. The number of hydrogen-bond donors (Lipinski definition) is 0. The topological polar surface area (TPSA) is 43.4 Å². The van der Waals surface area contributed by atoms with Crippen LogP contribution in [0.25, 0.3) is 0 Å². The van der Waals surface area contributed by atoms with Crippen LogP contribution in [0.5, 0.6) is 5.75 Å². The molecule has 2 unspecified atom stereocenters. The summed E-state index contributed by atoms with van der Waals surface area (Å²) in [4.78, 5) is 25.4. The van der Waals surface area contributed by atoms with E-state index in [1.165, 1.54) is 37.7 Å². The minimum atomic E-state index is -0.297. The van der Waals surface area contributed by atoms with E-state index in [2.05, 4.69) is 38.1 Å². The molecule has 1 aromatic rings. The summed E-state index contributed by atoms with van der Waals surface area (Å²) < 4.78 is 5.94. The Bertz CT molecular complexity index is 730. The van der Waals surface area contributed by atoms with Crippen LogP contribution in [0.3, 0.4) is 0 Å². The van der Waals surface area contributed by atoms with Crippen LogP contribution in [0, 0.1) is 17.8 Å². The largest absolute Gasteiger partial charge is 0.494 e. The molecule has 0 spiro atoms. The lowest BCUT2D eigenvalue weighted by atomic mass is 9.73. The van der Waals surface area contributed by atoms with Gasteiger partial charge in [-0.15, -0.1) is 0 Å². The summed E-state index contributed by atoms with van der Waals surface area (Å²) in [6, 6.07) is 8.73. The molecule has 0 aromatic heterocycles. The number of ketones is 2. The molecule has 2 aliphatic rings. The number of Topliss-reactive ketones (excluding diaryl/α,β-unsaturated/α-hetero) is 2. The third kappa shape index (κ3) is 8.54. The number of rotatable bonds is 14. The molecule has 2 atom stereocenters. The zero-order valence-electron chi connectivity index (χ0n) is 21.9. The second-order valence-electron chi connectivity index (χ2n) is 11.0. The lowest BCUT2D eigenvalue weighted by Crippen LogP contribution is -2.32. The molecule has 0 heterocycles. The van der Waals surface area contributed by atoms with Gasteiger partial charge in [-0.25, -0.2) is 0 Å². The molecule has 0 amide bonds. The van der Waals surface area contributed by atoms with E-state index in [0.717, 1.165) is 70.1 Å². The lowest BCUT2D eigenvalue weighted by molar-refractivity contribution is -0.136. The molecule has 2 saturated carbocycles. The minimum absolute atomic E-state index is 0.224. The first-order chi connectivity index (χ1) is 16.6. The highest BCUT2D eigenvalue weighted by Crippen LogP contribution is 2.39. The Kier molecular flexibility index (Phi) is 11.6. The van der Waals surface area contributed by atoms with Gasteiger partial charge in [-0.1, -0.05) is 70.9 Å². The van der Waals surface area contributed by atoms with Crippen molar-refractivity contribution >= 4 is 11.6 Å². The van der Waals surface area contributed by atoms with Crippen molar-refractivity contribution in [1.82, 2.24) is 0 Å². The Morgan fingerprint density at radius 3 is 2.18 bits per heavy atom. The predicted molar refractivity (Wildman–Crippen MR) is 140 cm³/mol. The van der Waals surface area contributed by atoms with E-state index in [1.807, 2.05) is 0 Å². The fourth-order valence-corrected chi connectivity index (χ4v) is 6.12. The number of ether oxygens (including phenoxy) is 1. The second kappa shape index (κ2) is 14.7. The Morgan fingerprint density at radius 1 is 0.824 bits per heavy atom. The van der Waals surface area contributed by atoms with Gasteiger partial charge in [-0.05, 0) is 80.4 Å². The van der Waals surface area contributed by atoms with E-state index in [1.54, 1.807) is 0 Å². The number of benzene rings is 1. The van der Waals surface area contributed by atoms with Crippen LogP contribution in [0.4, 0.5) is 0 Å². The van der Waals surface area contributed by atoms with Gasteiger partial charge in [0.1, 0.15) is 17.3 Å². The normalized spacial score (nSPS) is 25.3. The van der Waals surface area contributed by atoms with E-state index in [-0.39, 0.29) is 17.5 Å². The average molecular weight is 469 g/mol. The summed E-state index contributed by atoms with van der Waals surface area (Å²) >= 11 is 0. The highest BCUT2D eigenvalue weighted by molar-refractivity contribution is 6.02. The van der Waals surface area contributed by atoms with Crippen LogP contribution >= 0.6 is 0 Å². The second-order valence-corrected chi connectivity index (χ2v) is 11.0. The van der Waals surface area contributed by atoms with Crippen LogP contribution < -0.4 is 4.74 Å². The van der Waals surface area contributed by atoms with Crippen LogP contribution in [0.2, 0.25) is 0 Å². The molecule has 3 rings (SSSR count). The highest BCUT2D eigenvalue weighted by Gasteiger charge is 2.34. The Hall–Kier alpha value is -1.64. The van der Waals surface area contributed by atoms with E-state index in [0.29, 0.717) is 30.6 Å². The number of hydrogen-bond acceptors (Lipinski definition) is 3. The van der Waals surface area contributed by atoms with Crippen LogP contribution in [-0.4, -0.2) is 18.2 Å². The van der Waals surface area contributed by atoms with Crippen molar-refractivity contribution in [3.05, 3.63) is 29.8 Å². The van der Waals surface area contributed by atoms with Crippen LogP contribution in [0.15, 0.2) is 24.3 Å². The van der Waals surface area contributed by atoms with Crippen molar-refractivity contribution in [3.63, 3.8) is 0 Å². The Labute approximate surface area is 208 Å². The van der Waals surface area contributed by atoms with Crippen molar-refractivity contribution in [1.29, 1.82) is 0 Å². The summed E-state index contributed by atoms with van der Waals surface area (Å²) in [5.74, 6) is 2.71. The maximum Gasteiger partial charge on any atom is 0.143 e. The van der Waals surface area contributed by atoms with Gasteiger partial charge in [0.25, 0.3) is 0 Å². The maximum absolute atomic E-state index is 12.9. The summed E-state index contributed by atoms with van der Waals surface area (Å²) in [6.45, 7) is 5.24. The molecule has 0 saturated heterocycles. The van der Waals surface area contributed by atoms with Crippen molar-refractivity contribution in [2.75, 3.05) is 6.61 Å². The fourth-order valence-electron chi connectivity index (χ4n) is 6.12. The van der Waals surface area contributed by atoms with Crippen LogP contribution in [0.1, 0.15) is 128 Å². The number of carbonyl (C=O) groups is 2. The highest BCUT2D eigenvalue weighted by atomic mass is 16.5. The molecule has 3 heteroatoms. The first-order valence-corrected chi connectivity index (χ1v) is 14.4. The molecular weight excluding hydrogens is 420 g/mol. The van der Waals surface area contributed by atoms with Gasteiger partial charge in [0.15, 0.2) is 0 Å². The van der Waals surface area contributed by atoms with Gasteiger partial charge in [0.05, 0.1) is 12.5 Å². The van der Waals surface area contributed by atoms with Crippen molar-refractivity contribution in [2.45, 2.75) is 122 Å². The summed E-state index contributed by atoms with van der Waals surface area (Å²) in [6.07, 6.45) is 17.6. The Morgan fingerprint density at radius 2 is 1.50 bits per heavy atom. The molecule has 0 bridgehead atoms. The average Bonchev–Trinajstić information content (AvgIpc) is 2.84. The molecule has 0 radical (unpaired) electrons. The minimum Gasteiger partial charge on any atom is -0.494 e. The molecule has 0 N–H and O–H groups in total. The zero-order valence-corrected chi connectivity index (χ0v) is 21.9. The van der Waals surface area contributed by atoms with Gasteiger partial charge in [0, 0.05) is 12.8 Å². The monoisotopic (exact) mass is 468 g/mol. The van der Waals surface area contributed by atoms with Gasteiger partial charge < -0.3 is 4.74 Å². The van der Waals surface area contributed by atoms with Crippen molar-refractivity contribution < 1.29 is 14.3 Å². The molecule has 0 aliphatic heterocycles. The van der Waals surface area contributed by atoms with Crippen molar-refractivity contribution in [2.24, 2.45) is 17.8 Å². The molecule has 34 heavy (non-hydrogen) atoms. The zero-order chi connectivity index (χ0) is 24.2. The first kappa shape index (κ1) is 27.0. The van der Waals surface area contributed by atoms with E-state index in [4.69, 9.17) is 4.74 Å². The number of carbonyl (C=O) groups excluding carboxylic acids is 2. The van der Waals surface area contributed by atoms with E-state index in [9.17, 15) is 9.59 Å². The smallest absolute Gasteiger partial charge is 0.143 e. The molecule has 190 valence electrons. The Balaban J connectivity index is 1.34. The van der Waals surface area contributed by atoms with E-state index >= 15 is 0 Å². The summed E-state index contributed by atoms with van der Waals surface area (Å²) in [7, 11) is 0. The quantitative estimate of drug-likeness (QED) is 0.203. The molecule has 1 aromatic carbocycles. The first-order valence-electron chi connectivity index (χ1n) is 14.4. The van der Waals surface area contributed by atoms with Crippen LogP contribution in [-0.2, 0) is 9.59 Å². The molecule has 2 fully saturated rings. The summed E-state index contributed by atoms with van der Waals surface area (Å²) in [5, 5.41) is 0. The standard InChI is InChI=1S/C31H48O3/c1-3-5-6-7-8-9-21-34-28-18-16-27(17-19-28)26-14-11-25(12-15-26)23-31(33)29-20-13-24(10-4-2)22-30(29)32/h16-19,24-26,29H,3-15,20-23H2,1-2H3. The van der Waals surface area contributed by atoms with E-state index < -0.39 is 0 Å². The third-order valence-corrected chi connectivity index (χ3v) is 8.28. The SMILES string of the molecule is CCCCCCCCOc1ccc(C2CCC(CC(=O)C3CCC(CCC)CC3=O)CC2)cc1. The predicted octanol–water partition coefficient (Wildman–Crippen LogP) is 8.44. The summed E-state index contributed by atoms with van der Waals surface area (Å²) in [5.41, 5.74) is 1.40. The van der Waals surface area contributed by atoms with Gasteiger partial charge in [0.2, 0.25) is 0 Å². The third-order valence-electron chi connectivity index (χ3n) is 8.28. The van der Waals surface area contributed by atoms with Gasteiger partial charge in [-0.2, -0.15) is 0 Å². The van der Waals surface area contributed by atoms with Crippen molar-refractivity contribution in [3.8, 4) is 5.75 Å².